The van der Waals surface area contributed by atoms with Crippen molar-refractivity contribution in [1.29, 1.82) is 0 Å². The van der Waals surface area contributed by atoms with Crippen molar-refractivity contribution in [1.82, 2.24) is 0 Å². The first-order valence-corrected chi connectivity index (χ1v) is 4.35. The predicted octanol–water partition coefficient (Wildman–Crippen LogP) is 0.852. The van der Waals surface area contributed by atoms with Gasteiger partial charge in [-0.3, -0.25) is 0 Å². The smallest absolute Gasteiger partial charge is 0.432 e. The summed E-state index contributed by atoms with van der Waals surface area (Å²) in [5, 5.41) is 14.2. The van der Waals surface area contributed by atoms with E-state index in [1.807, 2.05) is 6.92 Å². The first kappa shape index (κ1) is 12.9. The lowest BCUT2D eigenvalue weighted by Gasteiger charge is -2.03. The third-order valence-corrected chi connectivity index (χ3v) is 1.30. The summed E-state index contributed by atoms with van der Waals surface area (Å²) in [6.07, 6.45) is 0.897. The third kappa shape index (κ3) is 5.56. The van der Waals surface area contributed by atoms with E-state index >= 15 is 0 Å². The lowest BCUT2D eigenvalue weighted by molar-refractivity contribution is 0.301. The van der Waals surface area contributed by atoms with Gasteiger partial charge in [0.1, 0.15) is 0 Å². The van der Waals surface area contributed by atoms with Crippen molar-refractivity contribution >= 4 is 7.69 Å². The summed E-state index contributed by atoms with van der Waals surface area (Å²) in [6, 6.07) is 6.43. The van der Waals surface area contributed by atoms with Crippen LogP contribution in [0.3, 0.4) is 0 Å². The van der Waals surface area contributed by atoms with Gasteiger partial charge >= 0.3 is 7.69 Å². The number of hydrogen-bond acceptors (Lipinski definition) is 3. The zero-order valence-electron chi connectivity index (χ0n) is 8.11. The second-order valence-corrected chi connectivity index (χ2v) is 2.42. The standard InChI is InChI=1S/C9H11FO.BH3O2/c1-2-7-11-9-6-4-3-5-8(9)10;2-1-3/h3-6H,2,7H2,1H3;1-3H. The van der Waals surface area contributed by atoms with E-state index in [-0.39, 0.29) is 5.82 Å². The summed E-state index contributed by atoms with van der Waals surface area (Å²) in [7, 11) is -0.750. The zero-order valence-corrected chi connectivity index (χ0v) is 8.11. The monoisotopic (exact) mass is 200 g/mol. The van der Waals surface area contributed by atoms with Crippen LogP contribution in [0.15, 0.2) is 24.3 Å². The van der Waals surface area contributed by atoms with Gasteiger partial charge in [0.15, 0.2) is 11.6 Å². The average Bonchev–Trinajstić information content (AvgIpc) is 2.18. The largest absolute Gasteiger partial charge is 0.491 e. The van der Waals surface area contributed by atoms with Crippen LogP contribution in [-0.2, 0) is 0 Å². The van der Waals surface area contributed by atoms with Crippen LogP contribution in [0.5, 0.6) is 5.75 Å². The van der Waals surface area contributed by atoms with Crippen molar-refractivity contribution in [2.24, 2.45) is 0 Å². The van der Waals surface area contributed by atoms with Crippen LogP contribution in [0.25, 0.3) is 0 Å². The molecule has 0 aliphatic rings. The molecule has 1 rings (SSSR count). The van der Waals surface area contributed by atoms with E-state index in [0.717, 1.165) is 6.42 Å². The highest BCUT2D eigenvalue weighted by Gasteiger charge is 1.98. The van der Waals surface area contributed by atoms with Crippen molar-refractivity contribution in [3.05, 3.63) is 30.1 Å². The van der Waals surface area contributed by atoms with Gasteiger partial charge < -0.3 is 14.8 Å². The summed E-state index contributed by atoms with van der Waals surface area (Å²) in [5.74, 6) is 0.0512. The van der Waals surface area contributed by atoms with Gasteiger partial charge in [0.25, 0.3) is 0 Å². The topological polar surface area (TPSA) is 49.7 Å². The molecule has 1 aromatic carbocycles. The molecular weight excluding hydrogens is 186 g/mol. The van der Waals surface area contributed by atoms with E-state index in [4.69, 9.17) is 14.8 Å². The van der Waals surface area contributed by atoms with Crippen LogP contribution in [0, 0.1) is 5.82 Å². The second-order valence-electron chi connectivity index (χ2n) is 2.42. The van der Waals surface area contributed by atoms with Gasteiger partial charge in [-0.15, -0.1) is 0 Å². The number of halogens is 1. The molecule has 2 N–H and O–H groups in total. The molecule has 0 heterocycles. The van der Waals surface area contributed by atoms with Crippen molar-refractivity contribution in [2.75, 3.05) is 6.61 Å². The fourth-order valence-electron chi connectivity index (χ4n) is 0.774. The van der Waals surface area contributed by atoms with Crippen LogP contribution in [-0.4, -0.2) is 24.3 Å². The summed E-state index contributed by atoms with van der Waals surface area (Å²) < 4.78 is 17.9. The quantitative estimate of drug-likeness (QED) is 0.711. The van der Waals surface area contributed by atoms with Gasteiger partial charge in [0.2, 0.25) is 0 Å². The Morgan fingerprint density at radius 3 is 2.43 bits per heavy atom. The molecule has 14 heavy (non-hydrogen) atoms. The van der Waals surface area contributed by atoms with Gasteiger partial charge in [0.05, 0.1) is 6.61 Å². The summed E-state index contributed by atoms with van der Waals surface area (Å²) in [5.41, 5.74) is 0. The van der Waals surface area contributed by atoms with Crippen LogP contribution in [0.2, 0.25) is 0 Å². The number of hydrogen-bond donors (Lipinski definition) is 2. The maximum absolute atomic E-state index is 12.8. The molecule has 1 aromatic rings. The Labute approximate surface area is 83.5 Å². The fourth-order valence-corrected chi connectivity index (χ4v) is 0.774. The minimum atomic E-state index is -0.750. The number of para-hydroxylation sites is 1. The normalized spacial score (nSPS) is 8.57. The summed E-state index contributed by atoms with van der Waals surface area (Å²) >= 11 is 0. The highest BCUT2D eigenvalue weighted by molar-refractivity contribution is 6.13. The molecule has 0 fully saturated rings. The molecule has 0 aliphatic heterocycles. The van der Waals surface area contributed by atoms with E-state index < -0.39 is 7.69 Å². The van der Waals surface area contributed by atoms with E-state index in [1.54, 1.807) is 18.2 Å². The van der Waals surface area contributed by atoms with Gasteiger partial charge in [-0.1, -0.05) is 19.1 Å². The van der Waals surface area contributed by atoms with E-state index in [1.165, 1.54) is 6.07 Å². The van der Waals surface area contributed by atoms with Crippen LogP contribution in [0.1, 0.15) is 13.3 Å². The third-order valence-electron chi connectivity index (χ3n) is 1.30. The molecule has 0 saturated heterocycles. The van der Waals surface area contributed by atoms with Crippen LogP contribution >= 0.6 is 0 Å². The molecule has 0 bridgehead atoms. The Morgan fingerprint density at radius 1 is 1.36 bits per heavy atom. The minimum absolute atomic E-state index is 0.291. The first-order chi connectivity index (χ1) is 6.76. The maximum atomic E-state index is 12.8. The van der Waals surface area contributed by atoms with E-state index in [2.05, 4.69) is 0 Å². The fraction of sp³-hybridized carbons (Fsp3) is 0.333. The van der Waals surface area contributed by atoms with Crippen LogP contribution in [0.4, 0.5) is 4.39 Å². The van der Waals surface area contributed by atoms with E-state index in [0.29, 0.717) is 12.4 Å². The minimum Gasteiger partial charge on any atom is -0.491 e. The molecule has 3 nitrogen and oxygen atoms in total. The van der Waals surface area contributed by atoms with E-state index in [9.17, 15) is 4.39 Å². The highest BCUT2D eigenvalue weighted by atomic mass is 19.1. The first-order valence-electron chi connectivity index (χ1n) is 4.35. The summed E-state index contributed by atoms with van der Waals surface area (Å²) in [6.45, 7) is 2.56. The Hall–Kier alpha value is -1.07. The number of benzene rings is 1. The lowest BCUT2D eigenvalue weighted by Crippen LogP contribution is -1.96. The molecule has 78 valence electrons. The van der Waals surface area contributed by atoms with Crippen LogP contribution < -0.4 is 4.74 Å². The Kier molecular flexibility index (Phi) is 7.88. The van der Waals surface area contributed by atoms with Gasteiger partial charge in [-0.05, 0) is 18.6 Å². The van der Waals surface area contributed by atoms with Crippen molar-refractivity contribution in [3.63, 3.8) is 0 Å². The SMILES string of the molecule is CCCOc1ccccc1F.OBO. The molecule has 0 unspecified atom stereocenters. The molecule has 0 aliphatic carbocycles. The van der Waals surface area contributed by atoms with Crippen molar-refractivity contribution < 1.29 is 19.2 Å². The number of rotatable bonds is 3. The summed E-state index contributed by atoms with van der Waals surface area (Å²) in [4.78, 5) is 0. The zero-order chi connectivity index (χ0) is 10.8. The highest BCUT2D eigenvalue weighted by Crippen LogP contribution is 2.14. The Bertz CT molecular complexity index is 245. The average molecular weight is 200 g/mol. The maximum Gasteiger partial charge on any atom is 0.432 e. The molecule has 0 aromatic heterocycles. The molecule has 0 atom stereocenters. The van der Waals surface area contributed by atoms with Crippen molar-refractivity contribution in [3.8, 4) is 5.75 Å². The molecule has 0 amide bonds. The lowest BCUT2D eigenvalue weighted by atomic mass is 10.3. The van der Waals surface area contributed by atoms with Gasteiger partial charge in [0, 0.05) is 0 Å². The predicted molar refractivity (Wildman–Crippen MR) is 53.8 cm³/mol. The molecular formula is C9H14BFO3. The van der Waals surface area contributed by atoms with Crippen molar-refractivity contribution in [2.45, 2.75) is 13.3 Å². The molecule has 5 heteroatoms. The number of ether oxygens (including phenoxy) is 1. The molecule has 0 spiro atoms. The molecule has 0 radical (unpaired) electrons. The Balaban J connectivity index is 0.000000500. The molecule has 0 saturated carbocycles. The van der Waals surface area contributed by atoms with Gasteiger partial charge in [-0.25, -0.2) is 4.39 Å². The Morgan fingerprint density at radius 2 is 1.93 bits per heavy atom. The second kappa shape index (κ2) is 8.53. The van der Waals surface area contributed by atoms with Gasteiger partial charge in [-0.2, -0.15) is 0 Å².